The van der Waals surface area contributed by atoms with Crippen LogP contribution in [0.3, 0.4) is 0 Å². The predicted octanol–water partition coefficient (Wildman–Crippen LogP) is 1.88. The van der Waals surface area contributed by atoms with Crippen LogP contribution in [-0.2, 0) is 4.74 Å². The lowest BCUT2D eigenvalue weighted by Crippen LogP contribution is -2.37. The van der Waals surface area contributed by atoms with E-state index in [1.165, 1.54) is 5.56 Å². The number of hydrogen-bond acceptors (Lipinski definition) is 6. The molecule has 1 unspecified atom stereocenters. The molecule has 3 rings (SSSR count). The molecular weight excluding hydrogens is 266 g/mol. The molecular formula is C15H19N5O. The lowest BCUT2D eigenvalue weighted by atomic mass is 10.1. The summed E-state index contributed by atoms with van der Waals surface area (Å²) in [7, 11) is 0. The topological polar surface area (TPSA) is 63.2 Å². The number of aromatic nitrogens is 3. The SMILES string of the molecule is CC(Nc1nncc(N2CCOCC2)n1)c1ccccc1. The van der Waals surface area contributed by atoms with Crippen molar-refractivity contribution >= 4 is 11.8 Å². The lowest BCUT2D eigenvalue weighted by molar-refractivity contribution is 0.122. The Hall–Kier alpha value is -2.21. The smallest absolute Gasteiger partial charge is 0.245 e. The maximum absolute atomic E-state index is 5.35. The summed E-state index contributed by atoms with van der Waals surface area (Å²) < 4.78 is 5.35. The second-order valence-electron chi connectivity index (χ2n) is 5.01. The van der Waals surface area contributed by atoms with Crippen molar-refractivity contribution in [3.63, 3.8) is 0 Å². The number of ether oxygens (including phenoxy) is 1. The Kier molecular flexibility index (Phi) is 4.25. The van der Waals surface area contributed by atoms with E-state index in [9.17, 15) is 0 Å². The normalized spacial score (nSPS) is 16.5. The summed E-state index contributed by atoms with van der Waals surface area (Å²) in [4.78, 5) is 6.71. The first-order valence-corrected chi connectivity index (χ1v) is 7.17. The van der Waals surface area contributed by atoms with Crippen LogP contribution in [0, 0.1) is 0 Å². The van der Waals surface area contributed by atoms with Crippen molar-refractivity contribution in [3.8, 4) is 0 Å². The van der Waals surface area contributed by atoms with Crippen molar-refractivity contribution < 1.29 is 4.74 Å². The van der Waals surface area contributed by atoms with E-state index in [1.807, 2.05) is 18.2 Å². The zero-order valence-corrected chi connectivity index (χ0v) is 12.1. The van der Waals surface area contributed by atoms with Gasteiger partial charge in [0.15, 0.2) is 5.82 Å². The second kappa shape index (κ2) is 6.49. The van der Waals surface area contributed by atoms with Crippen LogP contribution in [0.25, 0.3) is 0 Å². The first-order chi connectivity index (χ1) is 10.3. The van der Waals surface area contributed by atoms with Gasteiger partial charge in [0.1, 0.15) is 0 Å². The molecule has 1 aliphatic heterocycles. The van der Waals surface area contributed by atoms with Crippen LogP contribution in [0.1, 0.15) is 18.5 Å². The van der Waals surface area contributed by atoms with Crippen LogP contribution in [0.2, 0.25) is 0 Å². The third-order valence-corrected chi connectivity index (χ3v) is 3.53. The van der Waals surface area contributed by atoms with Crippen molar-refractivity contribution in [2.45, 2.75) is 13.0 Å². The van der Waals surface area contributed by atoms with E-state index in [0.29, 0.717) is 5.95 Å². The summed E-state index contributed by atoms with van der Waals surface area (Å²) in [6, 6.07) is 10.3. The van der Waals surface area contributed by atoms with E-state index in [-0.39, 0.29) is 6.04 Å². The van der Waals surface area contributed by atoms with E-state index in [1.54, 1.807) is 6.20 Å². The highest BCUT2D eigenvalue weighted by Gasteiger charge is 2.14. The molecule has 0 saturated carbocycles. The Labute approximate surface area is 124 Å². The van der Waals surface area contributed by atoms with Crippen LogP contribution in [0.5, 0.6) is 0 Å². The van der Waals surface area contributed by atoms with Crippen LogP contribution in [0.15, 0.2) is 36.5 Å². The van der Waals surface area contributed by atoms with Gasteiger partial charge >= 0.3 is 0 Å². The molecule has 0 spiro atoms. The van der Waals surface area contributed by atoms with Crippen molar-refractivity contribution in [1.29, 1.82) is 0 Å². The Morgan fingerprint density at radius 2 is 1.95 bits per heavy atom. The molecule has 2 aromatic rings. The third kappa shape index (κ3) is 3.46. The second-order valence-corrected chi connectivity index (χ2v) is 5.01. The van der Waals surface area contributed by atoms with E-state index in [0.717, 1.165) is 32.1 Å². The average molecular weight is 285 g/mol. The monoisotopic (exact) mass is 285 g/mol. The van der Waals surface area contributed by atoms with Crippen molar-refractivity contribution in [2.24, 2.45) is 0 Å². The Balaban J connectivity index is 1.71. The van der Waals surface area contributed by atoms with Gasteiger partial charge in [-0.2, -0.15) is 10.1 Å². The van der Waals surface area contributed by atoms with Gasteiger partial charge in [-0.05, 0) is 12.5 Å². The molecule has 6 nitrogen and oxygen atoms in total. The molecule has 0 bridgehead atoms. The quantitative estimate of drug-likeness (QED) is 0.925. The highest BCUT2D eigenvalue weighted by atomic mass is 16.5. The summed E-state index contributed by atoms with van der Waals surface area (Å²) >= 11 is 0. The first kappa shape index (κ1) is 13.8. The molecule has 0 radical (unpaired) electrons. The minimum Gasteiger partial charge on any atom is -0.378 e. The van der Waals surface area contributed by atoms with Gasteiger partial charge in [-0.3, -0.25) is 0 Å². The van der Waals surface area contributed by atoms with Gasteiger partial charge in [0.05, 0.1) is 25.5 Å². The van der Waals surface area contributed by atoms with Gasteiger partial charge < -0.3 is 15.0 Å². The molecule has 1 aliphatic rings. The number of rotatable bonds is 4. The Bertz CT molecular complexity index is 571. The van der Waals surface area contributed by atoms with Gasteiger partial charge in [0.25, 0.3) is 0 Å². The van der Waals surface area contributed by atoms with Crippen molar-refractivity contribution in [2.75, 3.05) is 36.5 Å². The minimum atomic E-state index is 0.132. The highest BCUT2D eigenvalue weighted by Crippen LogP contribution is 2.18. The fourth-order valence-corrected chi connectivity index (χ4v) is 2.32. The molecule has 1 saturated heterocycles. The Morgan fingerprint density at radius 3 is 2.71 bits per heavy atom. The van der Waals surface area contributed by atoms with Crippen LogP contribution >= 0.6 is 0 Å². The third-order valence-electron chi connectivity index (χ3n) is 3.53. The number of morpholine rings is 1. The molecule has 1 fully saturated rings. The summed E-state index contributed by atoms with van der Waals surface area (Å²) in [6.45, 7) is 5.22. The maximum atomic E-state index is 5.35. The molecule has 6 heteroatoms. The maximum Gasteiger partial charge on any atom is 0.245 e. The Morgan fingerprint density at radius 1 is 1.19 bits per heavy atom. The van der Waals surface area contributed by atoms with Crippen LogP contribution < -0.4 is 10.2 Å². The van der Waals surface area contributed by atoms with Gasteiger partial charge in [-0.25, -0.2) is 0 Å². The summed E-state index contributed by atoms with van der Waals surface area (Å²) in [5.41, 5.74) is 1.19. The number of hydrogen-bond donors (Lipinski definition) is 1. The zero-order valence-electron chi connectivity index (χ0n) is 12.1. The molecule has 2 heterocycles. The van der Waals surface area contributed by atoms with Gasteiger partial charge in [0, 0.05) is 13.1 Å². The number of anilines is 2. The molecule has 1 aromatic heterocycles. The standard InChI is InChI=1S/C15H19N5O/c1-12(13-5-3-2-4-6-13)17-15-18-14(11-16-19-15)20-7-9-21-10-8-20/h2-6,11-12H,7-10H2,1H3,(H,17,18,19). The molecule has 0 amide bonds. The average Bonchev–Trinajstić information content (AvgIpc) is 2.57. The predicted molar refractivity (Wildman–Crippen MR) is 81.3 cm³/mol. The highest BCUT2D eigenvalue weighted by molar-refractivity contribution is 5.41. The fourth-order valence-electron chi connectivity index (χ4n) is 2.32. The van der Waals surface area contributed by atoms with Gasteiger partial charge in [0.2, 0.25) is 5.95 Å². The van der Waals surface area contributed by atoms with E-state index < -0.39 is 0 Å². The number of benzene rings is 1. The summed E-state index contributed by atoms with van der Waals surface area (Å²) in [6.07, 6.45) is 1.70. The molecule has 110 valence electrons. The summed E-state index contributed by atoms with van der Waals surface area (Å²) in [5.74, 6) is 1.39. The minimum absolute atomic E-state index is 0.132. The fraction of sp³-hybridized carbons (Fsp3) is 0.400. The molecule has 1 aromatic carbocycles. The van der Waals surface area contributed by atoms with Crippen molar-refractivity contribution in [3.05, 3.63) is 42.1 Å². The van der Waals surface area contributed by atoms with Gasteiger partial charge in [-0.1, -0.05) is 30.3 Å². The van der Waals surface area contributed by atoms with E-state index in [4.69, 9.17) is 4.74 Å². The number of nitrogens with zero attached hydrogens (tertiary/aromatic N) is 4. The van der Waals surface area contributed by atoms with E-state index in [2.05, 4.69) is 44.5 Å². The van der Waals surface area contributed by atoms with E-state index >= 15 is 0 Å². The largest absolute Gasteiger partial charge is 0.378 e. The van der Waals surface area contributed by atoms with Gasteiger partial charge in [-0.15, -0.1) is 5.10 Å². The lowest BCUT2D eigenvalue weighted by Gasteiger charge is -2.27. The molecule has 21 heavy (non-hydrogen) atoms. The summed E-state index contributed by atoms with van der Waals surface area (Å²) in [5, 5.41) is 11.4. The van der Waals surface area contributed by atoms with Crippen molar-refractivity contribution in [1.82, 2.24) is 15.2 Å². The van der Waals surface area contributed by atoms with Crippen LogP contribution in [-0.4, -0.2) is 41.5 Å². The number of nitrogens with one attached hydrogen (secondary N) is 1. The zero-order chi connectivity index (χ0) is 14.5. The first-order valence-electron chi connectivity index (χ1n) is 7.17. The molecule has 1 atom stereocenters. The molecule has 0 aliphatic carbocycles. The molecule has 1 N–H and O–H groups in total. The van der Waals surface area contributed by atoms with Crippen LogP contribution in [0.4, 0.5) is 11.8 Å².